The molecule has 10 heteroatoms. The van der Waals surface area contributed by atoms with Crippen molar-refractivity contribution in [3.05, 3.63) is 76.4 Å². The van der Waals surface area contributed by atoms with Crippen LogP contribution in [0, 0.1) is 41.0 Å². The quantitative estimate of drug-likeness (QED) is 0.132. The predicted molar refractivity (Wildman–Crippen MR) is 135 cm³/mol. The van der Waals surface area contributed by atoms with E-state index in [1.165, 1.54) is 25.7 Å². The van der Waals surface area contributed by atoms with Crippen molar-refractivity contribution in [3.63, 3.8) is 0 Å². The average Bonchev–Trinajstić information content (AvgIpc) is 2.90. The summed E-state index contributed by atoms with van der Waals surface area (Å²) < 4.78 is 99.0. The first-order chi connectivity index (χ1) is 19.2. The number of hydrogen-bond acceptors (Lipinski definition) is 4. The maximum absolute atomic E-state index is 14.8. The van der Waals surface area contributed by atoms with E-state index in [-0.39, 0.29) is 11.5 Å². The SMILES string of the molecule is CCCC1CCC(C2COC(c3cc(F)c(C(=O)Oc4cc(F)c(C/C=C/C(F)F)c(F)c4)c(F)c3)OC2)CC1. The van der Waals surface area contributed by atoms with Gasteiger partial charge in [0, 0.05) is 29.2 Å². The van der Waals surface area contributed by atoms with Crippen molar-refractivity contribution in [2.24, 2.45) is 17.8 Å². The zero-order chi connectivity index (χ0) is 28.8. The van der Waals surface area contributed by atoms with Gasteiger partial charge >= 0.3 is 5.97 Å². The van der Waals surface area contributed by atoms with Crippen molar-refractivity contribution >= 4 is 5.97 Å². The van der Waals surface area contributed by atoms with Gasteiger partial charge in [0.2, 0.25) is 0 Å². The Labute approximate surface area is 229 Å². The van der Waals surface area contributed by atoms with Crippen LogP contribution in [0.2, 0.25) is 0 Å². The Balaban J connectivity index is 1.37. The Kier molecular flexibility index (Phi) is 10.3. The standard InChI is InChI=1S/C30H32F6O4/c1-2-4-17-7-9-18(10-8-17)20-15-38-30(39-16-20)19-11-25(33)28(26(34)12-19)29(37)40-21-13-23(31)22(24(32)14-21)5-3-6-27(35)36/h3,6,11-14,17-18,20,27,30H,2,4-5,7-10,15-16H2,1H3/b6-3+. The molecule has 2 aromatic rings. The molecule has 2 fully saturated rings. The molecule has 0 atom stereocenters. The summed E-state index contributed by atoms with van der Waals surface area (Å²) in [7, 11) is 0. The summed E-state index contributed by atoms with van der Waals surface area (Å²) in [4.78, 5) is 12.5. The number of benzene rings is 2. The van der Waals surface area contributed by atoms with Crippen LogP contribution in [0.1, 0.15) is 73.2 Å². The van der Waals surface area contributed by atoms with Crippen molar-refractivity contribution in [1.29, 1.82) is 0 Å². The molecule has 0 radical (unpaired) electrons. The second kappa shape index (κ2) is 13.7. The van der Waals surface area contributed by atoms with Crippen LogP contribution in [0.15, 0.2) is 36.4 Å². The summed E-state index contributed by atoms with van der Waals surface area (Å²) in [6.45, 7) is 2.98. The van der Waals surface area contributed by atoms with Gasteiger partial charge in [-0.3, -0.25) is 0 Å². The van der Waals surface area contributed by atoms with E-state index in [0.717, 1.165) is 37.0 Å². The first-order valence-corrected chi connectivity index (χ1v) is 13.5. The molecule has 4 nitrogen and oxygen atoms in total. The molecule has 0 unspecified atom stereocenters. The van der Waals surface area contributed by atoms with Crippen LogP contribution < -0.4 is 4.74 Å². The first-order valence-electron chi connectivity index (χ1n) is 13.5. The van der Waals surface area contributed by atoms with Crippen molar-refractivity contribution in [3.8, 4) is 5.75 Å². The molecule has 0 N–H and O–H groups in total. The molecule has 1 aliphatic carbocycles. The lowest BCUT2D eigenvalue weighted by molar-refractivity contribution is -0.215. The van der Waals surface area contributed by atoms with Gasteiger partial charge in [-0.15, -0.1) is 0 Å². The number of carbonyl (C=O) groups is 1. The van der Waals surface area contributed by atoms with Crippen LogP contribution in [-0.2, 0) is 15.9 Å². The summed E-state index contributed by atoms with van der Waals surface area (Å²) in [5.74, 6) is -5.53. The fourth-order valence-corrected chi connectivity index (χ4v) is 5.54. The topological polar surface area (TPSA) is 44.8 Å². The fraction of sp³-hybridized carbons (Fsp3) is 0.500. The number of allylic oxidation sites excluding steroid dienone is 2. The highest BCUT2D eigenvalue weighted by Crippen LogP contribution is 2.39. The number of alkyl halides is 2. The van der Waals surface area contributed by atoms with Gasteiger partial charge in [-0.05, 0) is 49.3 Å². The van der Waals surface area contributed by atoms with Crippen LogP contribution in [0.5, 0.6) is 5.75 Å². The van der Waals surface area contributed by atoms with E-state index < -0.39 is 65.3 Å². The van der Waals surface area contributed by atoms with E-state index in [2.05, 4.69) is 6.92 Å². The lowest BCUT2D eigenvalue weighted by Gasteiger charge is -2.37. The Morgan fingerprint density at radius 3 is 2.08 bits per heavy atom. The van der Waals surface area contributed by atoms with E-state index in [0.29, 0.717) is 37.3 Å². The van der Waals surface area contributed by atoms with Gasteiger partial charge < -0.3 is 14.2 Å². The molecule has 0 amide bonds. The minimum Gasteiger partial charge on any atom is -0.423 e. The fourth-order valence-electron chi connectivity index (χ4n) is 5.54. The molecule has 1 heterocycles. The van der Waals surface area contributed by atoms with Gasteiger partial charge in [0.15, 0.2) is 6.29 Å². The van der Waals surface area contributed by atoms with Crippen molar-refractivity contribution in [1.82, 2.24) is 0 Å². The van der Waals surface area contributed by atoms with Crippen LogP contribution in [0.4, 0.5) is 26.3 Å². The lowest BCUT2D eigenvalue weighted by Crippen LogP contribution is -2.34. The van der Waals surface area contributed by atoms with Crippen LogP contribution in [0.3, 0.4) is 0 Å². The molecule has 2 aromatic carbocycles. The summed E-state index contributed by atoms with van der Waals surface area (Å²) in [6.07, 6.45) is 4.15. The molecule has 1 saturated heterocycles. The normalized spacial score (nSPS) is 23.6. The zero-order valence-corrected chi connectivity index (χ0v) is 22.1. The number of ether oxygens (including phenoxy) is 3. The highest BCUT2D eigenvalue weighted by molar-refractivity contribution is 5.91. The van der Waals surface area contributed by atoms with Crippen LogP contribution in [-0.4, -0.2) is 25.6 Å². The van der Waals surface area contributed by atoms with Gasteiger partial charge in [-0.1, -0.05) is 38.7 Å². The Morgan fingerprint density at radius 1 is 0.925 bits per heavy atom. The monoisotopic (exact) mass is 570 g/mol. The van der Waals surface area contributed by atoms with Gasteiger partial charge in [-0.2, -0.15) is 0 Å². The van der Waals surface area contributed by atoms with E-state index in [4.69, 9.17) is 14.2 Å². The largest absolute Gasteiger partial charge is 0.423 e. The Bertz CT molecular complexity index is 1150. The van der Waals surface area contributed by atoms with E-state index in [9.17, 15) is 31.1 Å². The third-order valence-electron chi connectivity index (χ3n) is 7.65. The molecule has 4 rings (SSSR count). The lowest BCUT2D eigenvalue weighted by atomic mass is 9.75. The molecule has 218 valence electrons. The third kappa shape index (κ3) is 7.46. The number of esters is 1. The molecule has 0 aromatic heterocycles. The molecule has 2 aliphatic rings. The van der Waals surface area contributed by atoms with Crippen molar-refractivity contribution in [2.45, 2.75) is 64.6 Å². The molecular formula is C30H32F6O4. The zero-order valence-electron chi connectivity index (χ0n) is 22.1. The van der Waals surface area contributed by atoms with Crippen LogP contribution >= 0.6 is 0 Å². The first kappa shape index (κ1) is 30.1. The average molecular weight is 571 g/mol. The molecular weight excluding hydrogens is 538 g/mol. The van der Waals surface area contributed by atoms with Crippen molar-refractivity contribution in [2.75, 3.05) is 13.2 Å². The van der Waals surface area contributed by atoms with Gasteiger partial charge in [0.1, 0.15) is 34.6 Å². The Morgan fingerprint density at radius 2 is 1.52 bits per heavy atom. The van der Waals surface area contributed by atoms with Crippen LogP contribution in [0.25, 0.3) is 0 Å². The van der Waals surface area contributed by atoms with E-state index in [1.54, 1.807) is 0 Å². The van der Waals surface area contributed by atoms with Gasteiger partial charge in [-0.25, -0.2) is 31.1 Å². The second-order valence-electron chi connectivity index (χ2n) is 10.4. The third-order valence-corrected chi connectivity index (χ3v) is 7.65. The van der Waals surface area contributed by atoms with E-state index >= 15 is 0 Å². The summed E-state index contributed by atoms with van der Waals surface area (Å²) in [6, 6.07) is 3.07. The second-order valence-corrected chi connectivity index (χ2v) is 10.4. The minimum atomic E-state index is -2.78. The van der Waals surface area contributed by atoms with Gasteiger partial charge in [0.05, 0.1) is 13.2 Å². The molecule has 0 spiro atoms. The summed E-state index contributed by atoms with van der Waals surface area (Å²) in [5.41, 5.74) is -1.53. The number of halogens is 6. The smallest absolute Gasteiger partial charge is 0.349 e. The summed E-state index contributed by atoms with van der Waals surface area (Å²) in [5, 5.41) is 0. The maximum atomic E-state index is 14.8. The van der Waals surface area contributed by atoms with Gasteiger partial charge in [0.25, 0.3) is 6.43 Å². The Hall–Kier alpha value is -2.85. The van der Waals surface area contributed by atoms with Crippen molar-refractivity contribution < 1.29 is 45.3 Å². The number of rotatable bonds is 9. The number of carbonyl (C=O) groups excluding carboxylic acids is 1. The molecule has 40 heavy (non-hydrogen) atoms. The summed E-state index contributed by atoms with van der Waals surface area (Å²) >= 11 is 0. The maximum Gasteiger partial charge on any atom is 0.349 e. The highest BCUT2D eigenvalue weighted by atomic mass is 19.3. The highest BCUT2D eigenvalue weighted by Gasteiger charge is 2.33. The molecule has 0 bridgehead atoms. The molecule has 1 saturated carbocycles. The number of hydrogen-bond donors (Lipinski definition) is 0. The van der Waals surface area contributed by atoms with E-state index in [1.807, 2.05) is 0 Å². The molecule has 1 aliphatic heterocycles. The predicted octanol–water partition coefficient (Wildman–Crippen LogP) is 8.09. The minimum absolute atomic E-state index is 0.0509.